The van der Waals surface area contributed by atoms with E-state index in [1.165, 1.54) is 0 Å². The zero-order valence-corrected chi connectivity index (χ0v) is 10.2. The summed E-state index contributed by atoms with van der Waals surface area (Å²) in [6.45, 7) is 6.54. The van der Waals surface area contributed by atoms with Crippen LogP contribution in [0, 0.1) is 0 Å². The van der Waals surface area contributed by atoms with Gasteiger partial charge in [-0.1, -0.05) is 6.08 Å². The van der Waals surface area contributed by atoms with Gasteiger partial charge in [-0.2, -0.15) is 0 Å². The number of carboxylic acids is 1. The summed E-state index contributed by atoms with van der Waals surface area (Å²) in [6, 6.07) is -0.201. The molecular weight excluding hydrogens is 220 g/mol. The zero-order valence-electron chi connectivity index (χ0n) is 10.2. The van der Waals surface area contributed by atoms with Crippen LogP contribution in [0.3, 0.4) is 0 Å². The van der Waals surface area contributed by atoms with Gasteiger partial charge in [-0.15, -0.1) is 6.58 Å². The lowest BCUT2D eigenvalue weighted by molar-refractivity contribution is -0.139. The molecule has 0 aliphatic heterocycles. The summed E-state index contributed by atoms with van der Waals surface area (Å²) in [5, 5.41) is 11.7. The Bertz CT molecular complexity index is 311. The van der Waals surface area contributed by atoms with E-state index in [1.54, 1.807) is 11.0 Å². The highest BCUT2D eigenvalue weighted by molar-refractivity contribution is 5.77. The standard InChI is InChI=1S/C12H20N2O3/c1-3-8-14(4-2)11(17)13-12(6-5-7-12)9-10(15)16/h3H,1,4-9H2,2H3,(H,13,17)(H,15,16). The topological polar surface area (TPSA) is 69.6 Å². The van der Waals surface area contributed by atoms with Gasteiger partial charge in [-0.25, -0.2) is 4.79 Å². The molecule has 0 heterocycles. The van der Waals surface area contributed by atoms with Gasteiger partial charge in [0, 0.05) is 13.1 Å². The van der Waals surface area contributed by atoms with E-state index in [4.69, 9.17) is 5.11 Å². The van der Waals surface area contributed by atoms with Crippen molar-refractivity contribution in [1.82, 2.24) is 10.2 Å². The third kappa shape index (κ3) is 3.47. The van der Waals surface area contributed by atoms with Crippen molar-refractivity contribution >= 4 is 12.0 Å². The first-order chi connectivity index (χ1) is 8.03. The average Bonchev–Trinajstić information content (AvgIpc) is 2.21. The molecule has 2 amide bonds. The molecule has 5 nitrogen and oxygen atoms in total. The van der Waals surface area contributed by atoms with E-state index in [0.29, 0.717) is 13.1 Å². The van der Waals surface area contributed by atoms with Crippen LogP contribution in [0.5, 0.6) is 0 Å². The molecule has 0 aromatic heterocycles. The highest BCUT2D eigenvalue weighted by atomic mass is 16.4. The molecule has 1 rings (SSSR count). The number of amides is 2. The van der Waals surface area contributed by atoms with Crippen molar-refractivity contribution < 1.29 is 14.7 Å². The Morgan fingerprint density at radius 1 is 1.53 bits per heavy atom. The van der Waals surface area contributed by atoms with Crippen LogP contribution in [0.25, 0.3) is 0 Å². The van der Waals surface area contributed by atoms with Crippen LogP contribution >= 0.6 is 0 Å². The lowest BCUT2D eigenvalue weighted by atomic mass is 9.74. The lowest BCUT2D eigenvalue weighted by Gasteiger charge is -2.42. The molecule has 0 spiro atoms. The minimum Gasteiger partial charge on any atom is -0.481 e. The predicted molar refractivity (Wildman–Crippen MR) is 64.8 cm³/mol. The highest BCUT2D eigenvalue weighted by Crippen LogP contribution is 2.35. The number of aliphatic carboxylic acids is 1. The van der Waals surface area contributed by atoms with Gasteiger partial charge in [-0.3, -0.25) is 4.79 Å². The SMILES string of the molecule is C=CCN(CC)C(=O)NC1(CC(=O)O)CCC1. The maximum absolute atomic E-state index is 11.9. The van der Waals surface area contributed by atoms with E-state index in [9.17, 15) is 9.59 Å². The Morgan fingerprint density at radius 3 is 2.53 bits per heavy atom. The first-order valence-electron chi connectivity index (χ1n) is 5.93. The number of likely N-dealkylation sites (N-methyl/N-ethyl adjacent to an activating group) is 1. The number of carbonyl (C=O) groups is 2. The van der Waals surface area contributed by atoms with E-state index in [1.807, 2.05) is 6.92 Å². The number of nitrogens with one attached hydrogen (secondary N) is 1. The van der Waals surface area contributed by atoms with Gasteiger partial charge in [0.05, 0.1) is 12.0 Å². The van der Waals surface area contributed by atoms with Crippen LogP contribution < -0.4 is 5.32 Å². The molecule has 0 aromatic rings. The Kier molecular flexibility index (Phi) is 4.54. The third-order valence-electron chi connectivity index (χ3n) is 3.19. The number of nitrogens with zero attached hydrogens (tertiary/aromatic N) is 1. The molecular formula is C12H20N2O3. The van der Waals surface area contributed by atoms with Crippen molar-refractivity contribution in [3.8, 4) is 0 Å². The van der Waals surface area contributed by atoms with Crippen molar-refractivity contribution in [2.24, 2.45) is 0 Å². The molecule has 0 atom stereocenters. The molecule has 0 unspecified atom stereocenters. The smallest absolute Gasteiger partial charge is 0.318 e. The fourth-order valence-corrected chi connectivity index (χ4v) is 2.06. The molecule has 0 saturated heterocycles. The van der Waals surface area contributed by atoms with E-state index in [-0.39, 0.29) is 12.5 Å². The van der Waals surface area contributed by atoms with Crippen molar-refractivity contribution in [2.75, 3.05) is 13.1 Å². The summed E-state index contributed by atoms with van der Waals surface area (Å²) in [7, 11) is 0. The van der Waals surface area contributed by atoms with Crippen LogP contribution in [0.4, 0.5) is 4.79 Å². The molecule has 2 N–H and O–H groups in total. The molecule has 0 aromatic carbocycles. The van der Waals surface area contributed by atoms with Crippen LogP contribution in [-0.2, 0) is 4.79 Å². The average molecular weight is 240 g/mol. The number of carboxylic acid groups (broad SMARTS) is 1. The molecule has 96 valence electrons. The number of urea groups is 1. The molecule has 17 heavy (non-hydrogen) atoms. The van der Waals surface area contributed by atoms with Crippen molar-refractivity contribution in [3.63, 3.8) is 0 Å². The normalized spacial score (nSPS) is 16.8. The van der Waals surface area contributed by atoms with Gasteiger partial charge < -0.3 is 15.3 Å². The molecule has 5 heteroatoms. The third-order valence-corrected chi connectivity index (χ3v) is 3.19. The second kappa shape index (κ2) is 5.70. The number of hydrogen-bond donors (Lipinski definition) is 2. The maximum atomic E-state index is 11.9. The van der Waals surface area contributed by atoms with Crippen LogP contribution in [-0.4, -0.2) is 40.6 Å². The fraction of sp³-hybridized carbons (Fsp3) is 0.667. The van der Waals surface area contributed by atoms with Crippen LogP contribution in [0.1, 0.15) is 32.6 Å². The maximum Gasteiger partial charge on any atom is 0.318 e. The summed E-state index contributed by atoms with van der Waals surface area (Å²) in [5.41, 5.74) is -0.530. The minimum absolute atomic E-state index is 0.00435. The predicted octanol–water partition coefficient (Wildman–Crippen LogP) is 1.60. The van der Waals surface area contributed by atoms with Gasteiger partial charge in [0.15, 0.2) is 0 Å². The quantitative estimate of drug-likeness (QED) is 0.693. The molecule has 1 aliphatic carbocycles. The largest absolute Gasteiger partial charge is 0.481 e. The number of carbonyl (C=O) groups excluding carboxylic acids is 1. The van der Waals surface area contributed by atoms with Crippen LogP contribution in [0.15, 0.2) is 12.7 Å². The van der Waals surface area contributed by atoms with Crippen LogP contribution in [0.2, 0.25) is 0 Å². The molecule has 0 radical (unpaired) electrons. The summed E-state index contributed by atoms with van der Waals surface area (Å²) in [4.78, 5) is 24.3. The lowest BCUT2D eigenvalue weighted by Crippen LogP contribution is -2.58. The fourth-order valence-electron chi connectivity index (χ4n) is 2.06. The first-order valence-corrected chi connectivity index (χ1v) is 5.93. The Hall–Kier alpha value is -1.52. The first kappa shape index (κ1) is 13.5. The van der Waals surface area contributed by atoms with Crippen molar-refractivity contribution in [2.45, 2.75) is 38.1 Å². The Morgan fingerprint density at radius 2 is 2.18 bits per heavy atom. The van der Waals surface area contributed by atoms with Gasteiger partial charge in [-0.05, 0) is 26.2 Å². The van der Waals surface area contributed by atoms with E-state index in [2.05, 4.69) is 11.9 Å². The summed E-state index contributed by atoms with van der Waals surface area (Å²) in [6.07, 6.45) is 4.13. The zero-order chi connectivity index (χ0) is 12.9. The van der Waals surface area contributed by atoms with Gasteiger partial charge in [0.25, 0.3) is 0 Å². The Balaban J connectivity index is 2.58. The number of hydrogen-bond acceptors (Lipinski definition) is 2. The van der Waals surface area contributed by atoms with Crippen molar-refractivity contribution in [1.29, 1.82) is 0 Å². The minimum atomic E-state index is -0.864. The van der Waals surface area contributed by atoms with E-state index < -0.39 is 11.5 Å². The molecule has 1 fully saturated rings. The summed E-state index contributed by atoms with van der Waals surface area (Å²) < 4.78 is 0. The monoisotopic (exact) mass is 240 g/mol. The van der Waals surface area contributed by atoms with Gasteiger partial charge in [0.1, 0.15) is 0 Å². The second-order valence-corrected chi connectivity index (χ2v) is 4.46. The second-order valence-electron chi connectivity index (χ2n) is 4.46. The van der Waals surface area contributed by atoms with Crippen molar-refractivity contribution in [3.05, 3.63) is 12.7 Å². The van der Waals surface area contributed by atoms with E-state index >= 15 is 0 Å². The molecule has 0 bridgehead atoms. The van der Waals surface area contributed by atoms with Gasteiger partial charge >= 0.3 is 12.0 Å². The highest BCUT2D eigenvalue weighted by Gasteiger charge is 2.40. The van der Waals surface area contributed by atoms with Gasteiger partial charge in [0.2, 0.25) is 0 Å². The molecule has 1 saturated carbocycles. The molecule has 1 aliphatic rings. The van der Waals surface area contributed by atoms with E-state index in [0.717, 1.165) is 19.3 Å². The summed E-state index contributed by atoms with van der Waals surface area (Å²) >= 11 is 0. The summed E-state index contributed by atoms with van der Waals surface area (Å²) in [5.74, 6) is -0.864. The number of rotatable bonds is 6. The Labute approximate surface area is 101 Å².